The van der Waals surface area contributed by atoms with Gasteiger partial charge in [0, 0.05) is 5.69 Å². The summed E-state index contributed by atoms with van der Waals surface area (Å²) >= 11 is 0. The molecule has 1 heterocycles. The van der Waals surface area contributed by atoms with Gasteiger partial charge in [0.2, 0.25) is 5.91 Å². The van der Waals surface area contributed by atoms with Crippen molar-refractivity contribution < 1.29 is 28.7 Å². The zero-order chi connectivity index (χ0) is 21.1. The highest BCUT2D eigenvalue weighted by molar-refractivity contribution is 6.23. The Kier molecular flexibility index (Phi) is 5.63. The number of carbonyl (C=O) groups is 4. The lowest BCUT2D eigenvalue weighted by molar-refractivity contribution is -0.142. The predicted octanol–water partition coefficient (Wildman–Crippen LogP) is 2.17. The molecular weight excluding hydrogens is 376 g/mol. The van der Waals surface area contributed by atoms with Gasteiger partial charge in [-0.05, 0) is 49.7 Å². The third-order valence-corrected chi connectivity index (χ3v) is 4.63. The van der Waals surface area contributed by atoms with Gasteiger partial charge in [-0.1, -0.05) is 12.1 Å². The van der Waals surface area contributed by atoms with Crippen molar-refractivity contribution in [3.63, 3.8) is 0 Å². The number of amides is 3. The molecule has 29 heavy (non-hydrogen) atoms. The number of anilines is 1. The number of carbonyl (C=O) groups excluding carboxylic acids is 4. The molecule has 3 rings (SSSR count). The van der Waals surface area contributed by atoms with Crippen molar-refractivity contribution in [1.82, 2.24) is 4.90 Å². The van der Waals surface area contributed by atoms with E-state index in [0.717, 1.165) is 4.90 Å². The number of fused-ring (bicyclic) bond motifs is 1. The average molecular weight is 396 g/mol. The molecule has 2 aromatic carbocycles. The molecular formula is C21H20N2O6. The van der Waals surface area contributed by atoms with Crippen LogP contribution in [0.4, 0.5) is 5.69 Å². The van der Waals surface area contributed by atoms with Gasteiger partial charge in [-0.15, -0.1) is 0 Å². The van der Waals surface area contributed by atoms with Gasteiger partial charge >= 0.3 is 5.97 Å². The Morgan fingerprint density at radius 1 is 1.07 bits per heavy atom. The number of aryl methyl sites for hydroxylation is 1. The lowest BCUT2D eigenvalue weighted by atomic mass is 10.1. The quantitative estimate of drug-likeness (QED) is 0.593. The number of benzene rings is 2. The molecule has 1 atom stereocenters. The third-order valence-electron chi connectivity index (χ3n) is 4.63. The van der Waals surface area contributed by atoms with Crippen LogP contribution < -0.4 is 10.1 Å². The van der Waals surface area contributed by atoms with Crippen LogP contribution in [0.5, 0.6) is 5.75 Å². The number of esters is 1. The number of nitrogens with zero attached hydrogens (tertiary/aromatic N) is 1. The first kappa shape index (κ1) is 20.1. The highest BCUT2D eigenvalue weighted by atomic mass is 16.6. The van der Waals surface area contributed by atoms with Crippen LogP contribution in [0.1, 0.15) is 33.2 Å². The van der Waals surface area contributed by atoms with Gasteiger partial charge in [-0.2, -0.15) is 0 Å². The Morgan fingerprint density at radius 3 is 2.24 bits per heavy atom. The lowest BCUT2D eigenvalue weighted by Gasteiger charge is -2.22. The van der Waals surface area contributed by atoms with E-state index in [2.05, 4.69) is 10.1 Å². The zero-order valence-electron chi connectivity index (χ0n) is 16.2. The third kappa shape index (κ3) is 3.96. The van der Waals surface area contributed by atoms with Gasteiger partial charge in [-0.25, -0.2) is 4.79 Å². The molecule has 150 valence electrons. The molecule has 1 aliphatic heterocycles. The molecule has 1 unspecified atom stereocenters. The summed E-state index contributed by atoms with van der Waals surface area (Å²) in [4.78, 5) is 49.9. The minimum absolute atomic E-state index is 0.224. The first-order valence-corrected chi connectivity index (χ1v) is 8.91. The molecule has 2 aromatic rings. The van der Waals surface area contributed by atoms with E-state index in [0.29, 0.717) is 28.1 Å². The summed E-state index contributed by atoms with van der Waals surface area (Å²) in [6.07, 6.45) is 0. The molecule has 0 saturated heterocycles. The summed E-state index contributed by atoms with van der Waals surface area (Å²) in [5.41, 5.74) is 1.78. The minimum Gasteiger partial charge on any atom is -0.482 e. The minimum atomic E-state index is -0.989. The molecule has 1 N–H and O–H groups in total. The second kappa shape index (κ2) is 8.14. The van der Waals surface area contributed by atoms with Crippen LogP contribution in [0.2, 0.25) is 0 Å². The van der Waals surface area contributed by atoms with Crippen LogP contribution in [0.25, 0.3) is 0 Å². The maximum Gasteiger partial charge on any atom is 0.343 e. The predicted molar refractivity (Wildman–Crippen MR) is 104 cm³/mol. The maximum atomic E-state index is 12.7. The SMILES string of the molecule is COC(=O)COc1ccc(NC(=O)C(C)N2C(=O)c3ccccc3C2=O)c(C)c1. The molecule has 0 aliphatic carbocycles. The summed E-state index contributed by atoms with van der Waals surface area (Å²) in [6, 6.07) is 10.4. The van der Waals surface area contributed by atoms with Crippen LogP contribution in [-0.4, -0.2) is 48.3 Å². The second-order valence-corrected chi connectivity index (χ2v) is 6.53. The molecule has 8 heteroatoms. The van der Waals surface area contributed by atoms with Crippen molar-refractivity contribution in [1.29, 1.82) is 0 Å². The lowest BCUT2D eigenvalue weighted by Crippen LogP contribution is -2.45. The van der Waals surface area contributed by atoms with Crippen molar-refractivity contribution in [2.45, 2.75) is 19.9 Å². The highest BCUT2D eigenvalue weighted by Crippen LogP contribution is 2.26. The standard InChI is InChI=1S/C21H20N2O6/c1-12-10-14(29-11-18(24)28-3)8-9-17(12)22-19(25)13(2)23-20(26)15-6-4-5-7-16(15)21(23)27/h4-10,13H,11H2,1-3H3,(H,22,25). The number of hydrogen-bond acceptors (Lipinski definition) is 6. The average Bonchev–Trinajstić information content (AvgIpc) is 2.98. The van der Waals surface area contributed by atoms with E-state index in [4.69, 9.17) is 4.74 Å². The van der Waals surface area contributed by atoms with Gasteiger partial charge in [0.15, 0.2) is 6.61 Å². The van der Waals surface area contributed by atoms with Gasteiger partial charge in [0.25, 0.3) is 11.8 Å². The van der Waals surface area contributed by atoms with Crippen LogP contribution in [0, 0.1) is 6.92 Å². The summed E-state index contributed by atoms with van der Waals surface area (Å²) < 4.78 is 9.82. The van der Waals surface area contributed by atoms with E-state index in [9.17, 15) is 19.2 Å². The number of nitrogens with one attached hydrogen (secondary N) is 1. The van der Waals surface area contributed by atoms with E-state index in [1.54, 1.807) is 49.4 Å². The first-order chi connectivity index (χ1) is 13.8. The molecule has 0 fully saturated rings. The Bertz CT molecular complexity index is 965. The first-order valence-electron chi connectivity index (χ1n) is 8.91. The number of hydrogen-bond donors (Lipinski definition) is 1. The largest absolute Gasteiger partial charge is 0.482 e. The number of ether oxygens (including phenoxy) is 2. The monoisotopic (exact) mass is 396 g/mol. The maximum absolute atomic E-state index is 12.7. The highest BCUT2D eigenvalue weighted by Gasteiger charge is 2.40. The fraction of sp³-hybridized carbons (Fsp3) is 0.238. The molecule has 8 nitrogen and oxygen atoms in total. The molecule has 0 saturated carbocycles. The molecule has 0 spiro atoms. The van der Waals surface area contributed by atoms with Crippen molar-refractivity contribution in [3.8, 4) is 5.75 Å². The molecule has 0 radical (unpaired) electrons. The molecule has 0 aromatic heterocycles. The molecule has 0 bridgehead atoms. The Hall–Kier alpha value is -3.68. The summed E-state index contributed by atoms with van der Waals surface area (Å²) in [5.74, 6) is -1.53. The summed E-state index contributed by atoms with van der Waals surface area (Å²) in [6.45, 7) is 3.03. The van der Waals surface area contributed by atoms with E-state index >= 15 is 0 Å². The summed E-state index contributed by atoms with van der Waals surface area (Å²) in [5, 5.41) is 2.73. The fourth-order valence-corrected chi connectivity index (χ4v) is 2.98. The van der Waals surface area contributed by atoms with Crippen LogP contribution in [0.3, 0.4) is 0 Å². The van der Waals surface area contributed by atoms with Gasteiger partial charge in [0.05, 0.1) is 18.2 Å². The van der Waals surface area contributed by atoms with E-state index in [1.165, 1.54) is 14.0 Å². The van der Waals surface area contributed by atoms with Crippen molar-refractivity contribution in [2.75, 3.05) is 19.0 Å². The second-order valence-electron chi connectivity index (χ2n) is 6.53. The van der Waals surface area contributed by atoms with E-state index in [1.807, 2.05) is 0 Å². The van der Waals surface area contributed by atoms with Crippen molar-refractivity contribution in [3.05, 3.63) is 59.2 Å². The number of rotatable bonds is 6. The smallest absolute Gasteiger partial charge is 0.343 e. The zero-order valence-corrected chi connectivity index (χ0v) is 16.2. The Balaban J connectivity index is 1.70. The Morgan fingerprint density at radius 2 is 1.69 bits per heavy atom. The van der Waals surface area contributed by atoms with E-state index in [-0.39, 0.29) is 6.61 Å². The van der Waals surface area contributed by atoms with Crippen LogP contribution in [-0.2, 0) is 14.3 Å². The van der Waals surface area contributed by atoms with Crippen LogP contribution in [0.15, 0.2) is 42.5 Å². The Labute approximate surface area is 167 Å². The number of methoxy groups -OCH3 is 1. The number of imide groups is 1. The van der Waals surface area contributed by atoms with Crippen LogP contribution >= 0.6 is 0 Å². The van der Waals surface area contributed by atoms with Gasteiger partial charge in [-0.3, -0.25) is 19.3 Å². The van der Waals surface area contributed by atoms with Gasteiger partial charge in [0.1, 0.15) is 11.8 Å². The van der Waals surface area contributed by atoms with Crippen molar-refractivity contribution >= 4 is 29.4 Å². The fourth-order valence-electron chi connectivity index (χ4n) is 2.98. The van der Waals surface area contributed by atoms with E-state index < -0.39 is 29.7 Å². The molecule has 3 amide bonds. The van der Waals surface area contributed by atoms with Crippen molar-refractivity contribution in [2.24, 2.45) is 0 Å². The summed E-state index contributed by atoms with van der Waals surface area (Å²) in [7, 11) is 1.27. The normalized spacial score (nSPS) is 13.7. The molecule has 1 aliphatic rings. The van der Waals surface area contributed by atoms with Gasteiger partial charge < -0.3 is 14.8 Å². The topological polar surface area (TPSA) is 102 Å².